The molecule has 0 aromatic rings. The van der Waals surface area contributed by atoms with E-state index in [4.69, 9.17) is 14.2 Å². The number of Topliss-reactive ketones (excluding diaryl/α,β-unsaturated/α-hetero) is 1. The molecule has 34 heavy (non-hydrogen) atoms. The molecule has 2 rings (SSSR count). The van der Waals surface area contributed by atoms with Gasteiger partial charge in [-0.3, -0.25) is 14.4 Å². The van der Waals surface area contributed by atoms with Crippen molar-refractivity contribution in [2.24, 2.45) is 0 Å². The minimum absolute atomic E-state index is 0.150. The Morgan fingerprint density at radius 1 is 1.26 bits per heavy atom. The van der Waals surface area contributed by atoms with E-state index in [2.05, 4.69) is 29.1 Å². The zero-order valence-electron chi connectivity index (χ0n) is 20.5. The number of amides is 2. The largest absolute Gasteiger partial charge is 0.382 e. The Hall–Kier alpha value is -2.67. The second-order valence-electron chi connectivity index (χ2n) is 8.36. The van der Waals surface area contributed by atoms with E-state index in [1.54, 1.807) is 25.3 Å². The van der Waals surface area contributed by atoms with Gasteiger partial charge in [0.1, 0.15) is 29.5 Å². The standard InChI is InChI=1S/C25H37N3O6/c1-5-20(29)11-9-7-6-8-10-14-26-23(30)13-12-19-16-28(18(2)27-25(19)31)24-15-21(33-4)22(34-24)17-32-3/h16,21-22,24H,2,5-11,14-15,17H2,1,3-4H3,(H,26,30)(H,27,31)/t21?,22-,24-/m1/s1. The van der Waals surface area contributed by atoms with Gasteiger partial charge in [-0.1, -0.05) is 32.8 Å². The molecule has 0 aliphatic carbocycles. The summed E-state index contributed by atoms with van der Waals surface area (Å²) in [6.45, 7) is 6.68. The molecule has 1 saturated heterocycles. The molecule has 1 fully saturated rings. The van der Waals surface area contributed by atoms with E-state index in [0.29, 0.717) is 44.0 Å². The summed E-state index contributed by atoms with van der Waals surface area (Å²) in [5.74, 6) is 4.96. The van der Waals surface area contributed by atoms with Gasteiger partial charge in [0.15, 0.2) is 0 Å². The lowest BCUT2D eigenvalue weighted by molar-refractivity contribution is -0.119. The van der Waals surface area contributed by atoms with Crippen LogP contribution in [0.15, 0.2) is 24.2 Å². The van der Waals surface area contributed by atoms with E-state index in [1.165, 1.54) is 0 Å². The maximum atomic E-state index is 12.3. The number of carbonyl (C=O) groups is 3. The maximum Gasteiger partial charge on any atom is 0.296 e. The van der Waals surface area contributed by atoms with Crippen LogP contribution in [0.25, 0.3) is 0 Å². The molecule has 188 valence electrons. The molecule has 9 heteroatoms. The Morgan fingerprint density at radius 3 is 2.71 bits per heavy atom. The zero-order valence-corrected chi connectivity index (χ0v) is 20.5. The molecule has 0 radical (unpaired) electrons. The minimum Gasteiger partial charge on any atom is -0.382 e. The topological polar surface area (TPSA) is 106 Å². The number of unbranched alkanes of at least 4 members (excludes halogenated alkanes) is 4. The number of methoxy groups -OCH3 is 2. The summed E-state index contributed by atoms with van der Waals surface area (Å²) in [6, 6.07) is 0. The molecule has 2 aliphatic heterocycles. The second kappa shape index (κ2) is 14.6. The third kappa shape index (κ3) is 8.60. The van der Waals surface area contributed by atoms with E-state index in [-0.39, 0.29) is 17.8 Å². The summed E-state index contributed by atoms with van der Waals surface area (Å²) in [6.07, 6.45) is 7.39. The molecule has 0 aromatic carbocycles. The first kappa shape index (κ1) is 27.6. The zero-order chi connectivity index (χ0) is 24.9. The van der Waals surface area contributed by atoms with Gasteiger partial charge in [-0.2, -0.15) is 0 Å². The summed E-state index contributed by atoms with van der Waals surface area (Å²) < 4.78 is 16.7. The first-order chi connectivity index (χ1) is 16.4. The summed E-state index contributed by atoms with van der Waals surface area (Å²) in [4.78, 5) is 37.3. The van der Waals surface area contributed by atoms with Gasteiger partial charge >= 0.3 is 0 Å². The average Bonchev–Trinajstić information content (AvgIpc) is 3.22. The highest BCUT2D eigenvalue weighted by molar-refractivity contribution is 6.02. The summed E-state index contributed by atoms with van der Waals surface area (Å²) in [5, 5.41) is 5.42. The fourth-order valence-electron chi connectivity index (χ4n) is 3.84. The van der Waals surface area contributed by atoms with Gasteiger partial charge in [-0.25, -0.2) is 0 Å². The number of carbonyl (C=O) groups excluding carboxylic acids is 3. The third-order valence-corrected chi connectivity index (χ3v) is 5.83. The van der Waals surface area contributed by atoms with Crippen LogP contribution >= 0.6 is 0 Å². The Balaban J connectivity index is 1.81. The number of rotatable bonds is 13. The number of ether oxygens (including phenoxy) is 3. The van der Waals surface area contributed by atoms with Crippen molar-refractivity contribution in [1.29, 1.82) is 0 Å². The fourth-order valence-corrected chi connectivity index (χ4v) is 3.84. The predicted octanol–water partition coefficient (Wildman–Crippen LogP) is 1.99. The first-order valence-corrected chi connectivity index (χ1v) is 11.9. The monoisotopic (exact) mass is 475 g/mol. The van der Waals surface area contributed by atoms with Gasteiger partial charge < -0.3 is 29.7 Å². The maximum absolute atomic E-state index is 12.3. The van der Waals surface area contributed by atoms with E-state index >= 15 is 0 Å². The molecule has 2 aliphatic rings. The van der Waals surface area contributed by atoms with Crippen molar-refractivity contribution in [3.8, 4) is 11.8 Å². The molecular weight excluding hydrogens is 438 g/mol. The van der Waals surface area contributed by atoms with E-state index in [9.17, 15) is 14.4 Å². The Bertz CT molecular complexity index is 828. The van der Waals surface area contributed by atoms with Crippen LogP contribution < -0.4 is 10.6 Å². The Morgan fingerprint density at radius 2 is 2.00 bits per heavy atom. The lowest BCUT2D eigenvalue weighted by Gasteiger charge is -2.32. The van der Waals surface area contributed by atoms with Gasteiger partial charge in [0, 0.05) is 52.1 Å². The van der Waals surface area contributed by atoms with Crippen molar-refractivity contribution in [2.45, 2.75) is 76.7 Å². The van der Waals surface area contributed by atoms with Crippen molar-refractivity contribution in [3.63, 3.8) is 0 Å². The SMILES string of the molecule is C=C1NC(=O)C(C#CC(=O)NCCCCCCCC(=O)CC)=CN1[C@H]1CC(OC)[C@@H](COC)O1. The molecular formula is C25H37N3O6. The molecule has 9 nitrogen and oxygen atoms in total. The van der Waals surface area contributed by atoms with E-state index in [1.807, 2.05) is 6.92 Å². The Kier molecular flexibility index (Phi) is 11.8. The summed E-state index contributed by atoms with van der Waals surface area (Å²) >= 11 is 0. The quantitative estimate of drug-likeness (QED) is 0.310. The molecule has 2 amide bonds. The minimum atomic E-state index is -0.435. The molecule has 2 heterocycles. The second-order valence-corrected chi connectivity index (χ2v) is 8.36. The molecule has 1 unspecified atom stereocenters. The number of nitrogens with one attached hydrogen (secondary N) is 2. The summed E-state index contributed by atoms with van der Waals surface area (Å²) in [7, 11) is 3.22. The smallest absolute Gasteiger partial charge is 0.296 e. The van der Waals surface area contributed by atoms with Crippen LogP contribution in [0.1, 0.15) is 58.3 Å². The van der Waals surface area contributed by atoms with Gasteiger partial charge in [0.2, 0.25) is 0 Å². The highest BCUT2D eigenvalue weighted by Gasteiger charge is 2.40. The lowest BCUT2D eigenvalue weighted by Crippen LogP contribution is -2.43. The van der Waals surface area contributed by atoms with Crippen molar-refractivity contribution in [3.05, 3.63) is 24.2 Å². The van der Waals surface area contributed by atoms with Crippen LogP contribution in [0.3, 0.4) is 0 Å². The van der Waals surface area contributed by atoms with Crippen LogP contribution in [0.4, 0.5) is 0 Å². The fraction of sp³-hybridized carbons (Fsp3) is 0.640. The molecule has 2 N–H and O–H groups in total. The van der Waals surface area contributed by atoms with Gasteiger partial charge in [-0.15, -0.1) is 0 Å². The first-order valence-electron chi connectivity index (χ1n) is 11.9. The van der Waals surface area contributed by atoms with Gasteiger partial charge in [-0.05, 0) is 18.8 Å². The number of hydrogen-bond acceptors (Lipinski definition) is 7. The van der Waals surface area contributed by atoms with Crippen LogP contribution in [0.5, 0.6) is 0 Å². The van der Waals surface area contributed by atoms with Gasteiger partial charge in [0.05, 0.1) is 12.7 Å². The third-order valence-electron chi connectivity index (χ3n) is 5.83. The van der Waals surface area contributed by atoms with Crippen molar-refractivity contribution >= 4 is 17.6 Å². The lowest BCUT2D eigenvalue weighted by atomic mass is 10.1. The molecule has 0 aromatic heterocycles. The van der Waals surface area contributed by atoms with Crippen molar-refractivity contribution < 1.29 is 28.6 Å². The van der Waals surface area contributed by atoms with Gasteiger partial charge in [0.25, 0.3) is 11.8 Å². The highest BCUT2D eigenvalue weighted by Crippen LogP contribution is 2.29. The van der Waals surface area contributed by atoms with Crippen LogP contribution in [0, 0.1) is 11.8 Å². The predicted molar refractivity (Wildman–Crippen MR) is 127 cm³/mol. The van der Waals surface area contributed by atoms with Crippen molar-refractivity contribution in [2.75, 3.05) is 27.4 Å². The summed E-state index contributed by atoms with van der Waals surface area (Å²) in [5.41, 5.74) is 0.150. The van der Waals surface area contributed by atoms with Crippen LogP contribution in [-0.2, 0) is 28.6 Å². The van der Waals surface area contributed by atoms with E-state index in [0.717, 1.165) is 32.1 Å². The normalized spacial score (nSPS) is 22.0. The van der Waals surface area contributed by atoms with E-state index < -0.39 is 18.0 Å². The molecule has 0 saturated carbocycles. The number of nitrogens with zero attached hydrogens (tertiary/aromatic N) is 1. The van der Waals surface area contributed by atoms with Crippen molar-refractivity contribution in [1.82, 2.24) is 15.5 Å². The molecule has 0 bridgehead atoms. The molecule has 3 atom stereocenters. The molecule has 0 spiro atoms. The van der Waals surface area contributed by atoms with Crippen LogP contribution in [0.2, 0.25) is 0 Å². The highest BCUT2D eigenvalue weighted by atomic mass is 16.6. The number of hydrogen-bond donors (Lipinski definition) is 2. The average molecular weight is 476 g/mol. The Labute approximate surface area is 202 Å². The van der Waals surface area contributed by atoms with Crippen LogP contribution in [-0.4, -0.2) is 68.3 Å². The number of ketones is 1.